The maximum atomic E-state index is 11.7. The van der Waals surface area contributed by atoms with E-state index in [0.717, 1.165) is 0 Å². The number of carbonyl (C=O) groups is 1. The highest BCUT2D eigenvalue weighted by atomic mass is 16.6. The van der Waals surface area contributed by atoms with Crippen LogP contribution in [-0.2, 0) is 9.53 Å². The van der Waals surface area contributed by atoms with E-state index < -0.39 is 15.8 Å². The largest absolute Gasteiger partial charge is 0.465 e. The number of nitrogens with zero attached hydrogens (tertiary/aromatic N) is 3. The second kappa shape index (κ2) is 8.84. The summed E-state index contributed by atoms with van der Waals surface area (Å²) < 4.78 is 4.88. The molecule has 1 aliphatic carbocycles. The van der Waals surface area contributed by atoms with E-state index in [-0.39, 0.29) is 30.5 Å². The van der Waals surface area contributed by atoms with Crippen LogP contribution in [-0.4, -0.2) is 34.7 Å². The number of hydrogen-bond donors (Lipinski definition) is 0. The van der Waals surface area contributed by atoms with Crippen LogP contribution in [0.2, 0.25) is 0 Å². The lowest BCUT2D eigenvalue weighted by Crippen LogP contribution is -2.18. The number of rotatable bonds is 7. The van der Waals surface area contributed by atoms with Gasteiger partial charge in [-0.25, -0.2) is 0 Å². The van der Waals surface area contributed by atoms with Gasteiger partial charge in [-0.05, 0) is 31.1 Å². The summed E-state index contributed by atoms with van der Waals surface area (Å²) in [6.07, 6.45) is 3.39. The summed E-state index contributed by atoms with van der Waals surface area (Å²) in [5.74, 6) is -0.825. The zero-order valence-corrected chi connectivity index (χ0v) is 15.0. The molecule has 0 radical (unpaired) electrons. The number of carbonyl (C=O) groups excluding carboxylic acids is 1. The number of esters is 1. The SMILES string of the molecule is CCOC(=O)CN=C(C1=CC=C([N+](=O)[O-])C(C)C1)c1ccc([N+](=O)[O-])cc1. The molecule has 0 spiro atoms. The summed E-state index contributed by atoms with van der Waals surface area (Å²) in [5, 5.41) is 21.9. The minimum atomic E-state index is -0.507. The molecule has 1 atom stereocenters. The molecule has 0 N–H and O–H groups in total. The first-order chi connectivity index (χ1) is 12.8. The molecular weight excluding hydrogens is 354 g/mol. The van der Waals surface area contributed by atoms with Gasteiger partial charge < -0.3 is 4.74 Å². The zero-order chi connectivity index (χ0) is 20.0. The van der Waals surface area contributed by atoms with Crippen LogP contribution in [0.25, 0.3) is 0 Å². The Balaban J connectivity index is 2.41. The molecule has 9 nitrogen and oxygen atoms in total. The average molecular weight is 373 g/mol. The van der Waals surface area contributed by atoms with Crippen LogP contribution in [0.4, 0.5) is 5.69 Å². The van der Waals surface area contributed by atoms with E-state index in [1.807, 2.05) is 0 Å². The lowest BCUT2D eigenvalue weighted by molar-refractivity contribution is -0.433. The van der Waals surface area contributed by atoms with Crippen molar-refractivity contribution in [1.29, 1.82) is 0 Å². The molecule has 0 bridgehead atoms. The third-order valence-electron chi connectivity index (χ3n) is 4.02. The molecule has 0 amide bonds. The summed E-state index contributed by atoms with van der Waals surface area (Å²) >= 11 is 0. The minimum Gasteiger partial charge on any atom is -0.465 e. The van der Waals surface area contributed by atoms with Gasteiger partial charge in [0.2, 0.25) is 5.70 Å². The van der Waals surface area contributed by atoms with Gasteiger partial charge in [0.15, 0.2) is 0 Å². The highest BCUT2D eigenvalue weighted by Gasteiger charge is 2.26. The maximum Gasteiger partial charge on any atom is 0.327 e. The van der Waals surface area contributed by atoms with E-state index in [4.69, 9.17) is 4.74 Å². The Hall–Kier alpha value is -3.36. The first-order valence-electron chi connectivity index (χ1n) is 8.33. The molecule has 1 aliphatic rings. The van der Waals surface area contributed by atoms with E-state index in [1.54, 1.807) is 32.1 Å². The molecule has 1 aromatic rings. The molecular formula is C18H19N3O6. The van der Waals surface area contributed by atoms with Crippen LogP contribution in [0.5, 0.6) is 0 Å². The lowest BCUT2D eigenvalue weighted by Gasteiger charge is -2.18. The number of benzene rings is 1. The van der Waals surface area contributed by atoms with Crippen LogP contribution in [0, 0.1) is 26.1 Å². The molecule has 0 fully saturated rings. The topological polar surface area (TPSA) is 125 Å². The molecule has 2 rings (SSSR count). The van der Waals surface area contributed by atoms with Gasteiger partial charge in [-0.3, -0.25) is 30.0 Å². The van der Waals surface area contributed by atoms with Gasteiger partial charge in [-0.15, -0.1) is 0 Å². The van der Waals surface area contributed by atoms with E-state index in [0.29, 0.717) is 23.3 Å². The minimum absolute atomic E-state index is 0.0648. The average Bonchev–Trinajstić information content (AvgIpc) is 2.62. The Morgan fingerprint density at radius 2 is 1.85 bits per heavy atom. The molecule has 27 heavy (non-hydrogen) atoms. The fraction of sp³-hybridized carbons (Fsp3) is 0.333. The van der Waals surface area contributed by atoms with Crippen molar-refractivity contribution in [2.75, 3.05) is 13.2 Å². The zero-order valence-electron chi connectivity index (χ0n) is 15.0. The Labute approximate surface area is 155 Å². The maximum absolute atomic E-state index is 11.7. The lowest BCUT2D eigenvalue weighted by atomic mass is 9.88. The first kappa shape index (κ1) is 20.0. The Morgan fingerprint density at radius 3 is 2.37 bits per heavy atom. The van der Waals surface area contributed by atoms with Gasteiger partial charge in [0, 0.05) is 23.8 Å². The molecule has 9 heteroatoms. The van der Waals surface area contributed by atoms with Crippen LogP contribution < -0.4 is 0 Å². The normalized spacial score (nSPS) is 17.0. The van der Waals surface area contributed by atoms with Crippen molar-refractivity contribution in [1.82, 2.24) is 0 Å². The molecule has 0 saturated heterocycles. The fourth-order valence-electron chi connectivity index (χ4n) is 2.74. The Kier molecular flexibility index (Phi) is 6.53. The number of aliphatic imine (C=N–C) groups is 1. The molecule has 142 valence electrons. The molecule has 0 aliphatic heterocycles. The highest BCUT2D eigenvalue weighted by Crippen LogP contribution is 2.28. The van der Waals surface area contributed by atoms with Crippen LogP contribution in [0.15, 0.2) is 52.7 Å². The number of hydrogen-bond acceptors (Lipinski definition) is 7. The van der Waals surface area contributed by atoms with Gasteiger partial charge in [-0.2, -0.15) is 0 Å². The molecule has 1 unspecified atom stereocenters. The van der Waals surface area contributed by atoms with Crippen LogP contribution in [0.1, 0.15) is 25.8 Å². The van der Waals surface area contributed by atoms with Gasteiger partial charge >= 0.3 is 5.97 Å². The quantitative estimate of drug-likeness (QED) is 0.313. The summed E-state index contributed by atoms with van der Waals surface area (Å²) in [5.41, 5.74) is 1.80. The Morgan fingerprint density at radius 1 is 1.19 bits per heavy atom. The van der Waals surface area contributed by atoms with Gasteiger partial charge in [0.1, 0.15) is 6.54 Å². The van der Waals surface area contributed by atoms with Crippen molar-refractivity contribution in [2.45, 2.75) is 20.3 Å². The second-order valence-corrected chi connectivity index (χ2v) is 5.92. The Bertz CT molecular complexity index is 839. The summed E-state index contributed by atoms with van der Waals surface area (Å²) in [7, 11) is 0. The summed E-state index contributed by atoms with van der Waals surface area (Å²) in [6, 6.07) is 5.78. The van der Waals surface area contributed by atoms with E-state index in [2.05, 4.69) is 4.99 Å². The van der Waals surface area contributed by atoms with Crippen molar-refractivity contribution in [2.24, 2.45) is 10.9 Å². The number of ether oxygens (including phenoxy) is 1. The predicted octanol–water partition coefficient (Wildman–Crippen LogP) is 3.07. The monoisotopic (exact) mass is 373 g/mol. The van der Waals surface area contributed by atoms with Gasteiger partial charge in [0.05, 0.1) is 28.1 Å². The summed E-state index contributed by atoms with van der Waals surface area (Å²) in [4.78, 5) is 37.0. The fourth-order valence-corrected chi connectivity index (χ4v) is 2.74. The van der Waals surface area contributed by atoms with Crippen LogP contribution >= 0.6 is 0 Å². The van der Waals surface area contributed by atoms with Crippen molar-refractivity contribution >= 4 is 17.4 Å². The van der Waals surface area contributed by atoms with E-state index in [1.165, 1.54) is 18.2 Å². The number of non-ortho nitro benzene ring substituents is 1. The van der Waals surface area contributed by atoms with E-state index >= 15 is 0 Å². The third kappa shape index (κ3) is 5.06. The van der Waals surface area contributed by atoms with Crippen molar-refractivity contribution in [3.63, 3.8) is 0 Å². The van der Waals surface area contributed by atoms with Gasteiger partial charge in [0.25, 0.3) is 5.69 Å². The molecule has 1 aromatic carbocycles. The molecule has 0 aromatic heterocycles. The predicted molar refractivity (Wildman–Crippen MR) is 98.1 cm³/mol. The first-order valence-corrected chi connectivity index (χ1v) is 8.33. The smallest absolute Gasteiger partial charge is 0.327 e. The molecule has 0 saturated carbocycles. The van der Waals surface area contributed by atoms with Crippen LogP contribution in [0.3, 0.4) is 0 Å². The standard InChI is InChI=1S/C18H19N3O6/c1-3-27-17(22)11-19-18(13-4-7-15(8-5-13)20(23)24)14-6-9-16(21(25)26)12(2)10-14/h4-9,12H,3,10-11H2,1-2H3. The number of nitro benzene ring substituents is 1. The number of nitro groups is 2. The number of allylic oxidation sites excluding steroid dienone is 4. The van der Waals surface area contributed by atoms with Crippen molar-refractivity contribution in [3.8, 4) is 0 Å². The second-order valence-electron chi connectivity index (χ2n) is 5.92. The highest BCUT2D eigenvalue weighted by molar-refractivity contribution is 6.13. The third-order valence-corrected chi connectivity index (χ3v) is 4.02. The van der Waals surface area contributed by atoms with Crippen molar-refractivity contribution < 1.29 is 19.4 Å². The summed E-state index contributed by atoms with van der Waals surface area (Å²) in [6.45, 7) is 3.45. The molecule has 0 heterocycles. The van der Waals surface area contributed by atoms with Gasteiger partial charge in [-0.1, -0.05) is 13.0 Å². The van der Waals surface area contributed by atoms with E-state index in [9.17, 15) is 25.0 Å². The van der Waals surface area contributed by atoms with Crippen molar-refractivity contribution in [3.05, 3.63) is 73.5 Å².